The molecule has 3 heterocycles. The minimum atomic E-state index is 0. The van der Waals surface area contributed by atoms with Crippen molar-refractivity contribution in [2.45, 2.75) is 50.7 Å². The molecule has 2 atom stereocenters. The first-order chi connectivity index (χ1) is 11.2. The van der Waals surface area contributed by atoms with E-state index in [4.69, 9.17) is 0 Å². The van der Waals surface area contributed by atoms with Crippen molar-refractivity contribution in [3.63, 3.8) is 0 Å². The van der Waals surface area contributed by atoms with Gasteiger partial charge >= 0.3 is 0 Å². The van der Waals surface area contributed by atoms with Crippen LogP contribution in [0.5, 0.6) is 0 Å². The largest absolute Gasteiger partial charge is 0.348 e. The summed E-state index contributed by atoms with van der Waals surface area (Å²) in [6, 6.07) is 11.5. The highest BCUT2D eigenvalue weighted by Gasteiger charge is 2.34. The third-order valence-corrected chi connectivity index (χ3v) is 6.04. The zero-order valence-corrected chi connectivity index (χ0v) is 16.5. The number of carbonyl (C=O) groups excluding carboxylic acids is 1. The van der Waals surface area contributed by atoms with E-state index in [9.17, 15) is 4.79 Å². The fraction of sp³-hybridized carbons (Fsp3) is 0.444. The zero-order chi connectivity index (χ0) is 15.8. The summed E-state index contributed by atoms with van der Waals surface area (Å²) in [5.41, 5.74) is 1.89. The number of fused-ring (bicyclic) bond motifs is 2. The average molecular weight is 400 g/mol. The number of carbonyl (C=O) groups is 1. The number of nitrogens with one attached hydrogen (secondary N) is 2. The van der Waals surface area contributed by atoms with Gasteiger partial charge in [-0.2, -0.15) is 0 Å². The van der Waals surface area contributed by atoms with E-state index < -0.39 is 0 Å². The fourth-order valence-electron chi connectivity index (χ4n) is 3.74. The molecule has 2 aliphatic heterocycles. The topological polar surface area (TPSA) is 54.0 Å². The number of rotatable bonds is 3. The second-order valence-electron chi connectivity index (χ2n) is 6.58. The zero-order valence-electron chi connectivity index (χ0n) is 14.0. The Labute approximate surface area is 164 Å². The average Bonchev–Trinajstić information content (AvgIpc) is 3.11. The van der Waals surface area contributed by atoms with Gasteiger partial charge in [-0.3, -0.25) is 4.79 Å². The van der Waals surface area contributed by atoms with E-state index in [1.54, 1.807) is 0 Å². The van der Waals surface area contributed by atoms with Crippen molar-refractivity contribution in [3.8, 4) is 10.6 Å². The van der Waals surface area contributed by atoms with Gasteiger partial charge in [0.05, 0.1) is 5.69 Å². The Morgan fingerprint density at radius 1 is 1.16 bits per heavy atom. The molecule has 25 heavy (non-hydrogen) atoms. The van der Waals surface area contributed by atoms with Gasteiger partial charge in [0.25, 0.3) is 5.91 Å². The number of amides is 1. The SMILES string of the molecule is Cc1nc(-c2ccccc2)sc1C(=O)NC1CC2CCC(C1)N2.Cl.Cl. The van der Waals surface area contributed by atoms with Crippen LogP contribution in [0.3, 0.4) is 0 Å². The lowest BCUT2D eigenvalue weighted by atomic mass is 10.00. The van der Waals surface area contributed by atoms with Gasteiger partial charge in [-0.15, -0.1) is 36.2 Å². The Morgan fingerprint density at radius 3 is 2.44 bits per heavy atom. The second-order valence-corrected chi connectivity index (χ2v) is 7.58. The molecule has 0 saturated carbocycles. The molecule has 2 aromatic rings. The first-order valence-electron chi connectivity index (χ1n) is 8.29. The third-order valence-electron chi connectivity index (χ3n) is 4.83. The van der Waals surface area contributed by atoms with Crippen LogP contribution in [0.2, 0.25) is 0 Å². The van der Waals surface area contributed by atoms with Gasteiger partial charge in [-0.1, -0.05) is 30.3 Å². The molecule has 2 N–H and O–H groups in total. The van der Waals surface area contributed by atoms with Gasteiger partial charge in [0.15, 0.2) is 0 Å². The van der Waals surface area contributed by atoms with Crippen molar-refractivity contribution in [2.75, 3.05) is 0 Å². The number of benzene rings is 1. The summed E-state index contributed by atoms with van der Waals surface area (Å²) < 4.78 is 0. The first kappa shape index (κ1) is 20.2. The van der Waals surface area contributed by atoms with Crippen molar-refractivity contribution in [1.29, 1.82) is 0 Å². The lowest BCUT2D eigenvalue weighted by Crippen LogP contribution is -2.48. The number of nitrogens with zero attached hydrogens (tertiary/aromatic N) is 1. The van der Waals surface area contributed by atoms with Crippen LogP contribution in [0.25, 0.3) is 10.6 Å². The van der Waals surface area contributed by atoms with Crippen molar-refractivity contribution < 1.29 is 4.79 Å². The van der Waals surface area contributed by atoms with Gasteiger partial charge in [0, 0.05) is 23.7 Å². The van der Waals surface area contributed by atoms with E-state index in [2.05, 4.69) is 15.6 Å². The standard InChI is InChI=1S/C18H21N3OS.2ClH/c1-11-16(23-18(19-11)12-5-3-2-4-6-12)17(22)21-15-9-13-7-8-14(10-15)20-13;;/h2-6,13-15,20H,7-10H2,1H3,(H,21,22);2*1H. The van der Waals surface area contributed by atoms with Crippen LogP contribution in [0.15, 0.2) is 30.3 Å². The molecule has 1 amide bonds. The number of piperidine rings is 1. The molecule has 0 spiro atoms. The van der Waals surface area contributed by atoms with Crippen LogP contribution in [0, 0.1) is 6.92 Å². The Kier molecular flexibility index (Phi) is 6.86. The molecule has 2 saturated heterocycles. The van der Waals surface area contributed by atoms with Crippen molar-refractivity contribution in [2.24, 2.45) is 0 Å². The summed E-state index contributed by atoms with van der Waals surface area (Å²) in [5, 5.41) is 7.76. The van der Waals surface area contributed by atoms with Gasteiger partial charge < -0.3 is 10.6 Å². The summed E-state index contributed by atoms with van der Waals surface area (Å²) in [7, 11) is 0. The molecule has 2 fully saturated rings. The van der Waals surface area contributed by atoms with E-state index in [0.29, 0.717) is 18.1 Å². The maximum Gasteiger partial charge on any atom is 0.263 e. The van der Waals surface area contributed by atoms with E-state index in [0.717, 1.165) is 34.0 Å². The molecule has 0 radical (unpaired) electrons. The molecule has 2 bridgehead atoms. The molecule has 4 rings (SSSR count). The smallest absolute Gasteiger partial charge is 0.263 e. The van der Waals surface area contributed by atoms with E-state index in [-0.39, 0.29) is 30.7 Å². The number of thiazole rings is 1. The highest BCUT2D eigenvalue weighted by molar-refractivity contribution is 7.17. The number of aromatic nitrogens is 1. The van der Waals surface area contributed by atoms with Crippen LogP contribution in [-0.4, -0.2) is 29.0 Å². The molecule has 4 nitrogen and oxygen atoms in total. The maximum absolute atomic E-state index is 12.7. The molecule has 1 aromatic carbocycles. The summed E-state index contributed by atoms with van der Waals surface area (Å²) >= 11 is 1.49. The highest BCUT2D eigenvalue weighted by atomic mass is 35.5. The van der Waals surface area contributed by atoms with Crippen LogP contribution in [-0.2, 0) is 0 Å². The first-order valence-corrected chi connectivity index (χ1v) is 9.10. The molecular weight excluding hydrogens is 377 g/mol. The maximum atomic E-state index is 12.7. The minimum absolute atomic E-state index is 0. The minimum Gasteiger partial charge on any atom is -0.348 e. The summed E-state index contributed by atoms with van der Waals surface area (Å²) in [5.74, 6) is 0.0356. The predicted molar refractivity (Wildman–Crippen MR) is 107 cm³/mol. The quantitative estimate of drug-likeness (QED) is 0.820. The summed E-state index contributed by atoms with van der Waals surface area (Å²) in [6.45, 7) is 1.92. The molecule has 1 aromatic heterocycles. The predicted octanol–water partition coefficient (Wildman–Crippen LogP) is 3.97. The van der Waals surface area contributed by atoms with Crippen molar-refractivity contribution >= 4 is 42.1 Å². The van der Waals surface area contributed by atoms with Gasteiger partial charge in [-0.25, -0.2) is 4.98 Å². The molecular formula is C18H23Cl2N3OS. The second kappa shape index (κ2) is 8.49. The summed E-state index contributed by atoms with van der Waals surface area (Å²) in [6.07, 6.45) is 4.58. The lowest BCUT2D eigenvalue weighted by molar-refractivity contribution is 0.0927. The molecule has 2 unspecified atom stereocenters. The van der Waals surface area contributed by atoms with E-state index in [1.807, 2.05) is 37.3 Å². The van der Waals surface area contributed by atoms with Crippen LogP contribution in [0.1, 0.15) is 41.0 Å². The normalized spacial score (nSPS) is 24.1. The Morgan fingerprint density at radius 2 is 1.80 bits per heavy atom. The highest BCUT2D eigenvalue weighted by Crippen LogP contribution is 2.29. The molecule has 7 heteroatoms. The van der Waals surface area contributed by atoms with Crippen LogP contribution >= 0.6 is 36.2 Å². The van der Waals surface area contributed by atoms with Gasteiger partial charge in [0.1, 0.15) is 9.88 Å². The number of halogens is 2. The van der Waals surface area contributed by atoms with Gasteiger partial charge in [-0.05, 0) is 32.6 Å². The Hall–Kier alpha value is -1.14. The number of hydrogen-bond donors (Lipinski definition) is 2. The van der Waals surface area contributed by atoms with E-state index >= 15 is 0 Å². The molecule has 136 valence electrons. The Bertz CT molecular complexity index is 710. The molecule has 0 aliphatic carbocycles. The Balaban J connectivity index is 0.00000113. The number of aryl methyl sites for hydroxylation is 1. The van der Waals surface area contributed by atoms with Gasteiger partial charge in [0.2, 0.25) is 0 Å². The van der Waals surface area contributed by atoms with Crippen molar-refractivity contribution in [1.82, 2.24) is 15.6 Å². The molecule has 2 aliphatic rings. The third kappa shape index (κ3) is 4.34. The van der Waals surface area contributed by atoms with E-state index in [1.165, 1.54) is 24.2 Å². The van der Waals surface area contributed by atoms with Crippen LogP contribution in [0.4, 0.5) is 0 Å². The monoisotopic (exact) mass is 399 g/mol. The van der Waals surface area contributed by atoms with Crippen LogP contribution < -0.4 is 10.6 Å². The van der Waals surface area contributed by atoms with Crippen molar-refractivity contribution in [3.05, 3.63) is 40.9 Å². The number of hydrogen-bond acceptors (Lipinski definition) is 4. The fourth-order valence-corrected chi connectivity index (χ4v) is 4.71. The summed E-state index contributed by atoms with van der Waals surface area (Å²) in [4.78, 5) is 18.0. The lowest BCUT2D eigenvalue weighted by Gasteiger charge is -2.29.